The maximum atomic E-state index is 10.3. The lowest BCUT2D eigenvalue weighted by molar-refractivity contribution is -0.147. The van der Waals surface area contributed by atoms with Crippen LogP contribution in [-0.4, -0.2) is 26.0 Å². The second kappa shape index (κ2) is 2.71. The van der Waals surface area contributed by atoms with E-state index in [0.29, 0.717) is 0 Å². The molecular formula is C6H8N2O3. The lowest BCUT2D eigenvalue weighted by atomic mass is 10.2. The van der Waals surface area contributed by atoms with E-state index in [1.54, 1.807) is 7.05 Å². The fourth-order valence-electron chi connectivity index (χ4n) is 0.779. The average Bonchev–Trinajstić information content (AvgIpc) is 2.33. The molecule has 1 unspecified atom stereocenters. The summed E-state index contributed by atoms with van der Waals surface area (Å²) in [5, 5.41) is 21.1. The molecule has 0 amide bonds. The van der Waals surface area contributed by atoms with Crippen molar-refractivity contribution >= 4 is 5.97 Å². The molecule has 1 atom stereocenters. The molecular weight excluding hydrogens is 148 g/mol. The summed E-state index contributed by atoms with van der Waals surface area (Å²) in [6, 6.07) is 1.46. The number of carboxylic acid groups (broad SMARTS) is 1. The van der Waals surface area contributed by atoms with Gasteiger partial charge in [0.05, 0.1) is 5.69 Å². The van der Waals surface area contributed by atoms with Gasteiger partial charge in [0, 0.05) is 13.2 Å². The van der Waals surface area contributed by atoms with Crippen LogP contribution < -0.4 is 0 Å². The van der Waals surface area contributed by atoms with E-state index < -0.39 is 12.1 Å². The van der Waals surface area contributed by atoms with Gasteiger partial charge in [0.2, 0.25) is 0 Å². The quantitative estimate of drug-likeness (QED) is 0.607. The van der Waals surface area contributed by atoms with E-state index in [1.807, 2.05) is 0 Å². The summed E-state index contributed by atoms with van der Waals surface area (Å²) in [7, 11) is 1.57. The zero-order valence-corrected chi connectivity index (χ0v) is 5.93. The molecule has 1 aromatic heterocycles. The van der Waals surface area contributed by atoms with Gasteiger partial charge in [-0.3, -0.25) is 4.68 Å². The minimum atomic E-state index is -1.48. The van der Waals surface area contributed by atoms with Gasteiger partial charge < -0.3 is 10.2 Å². The van der Waals surface area contributed by atoms with E-state index in [1.165, 1.54) is 16.9 Å². The van der Waals surface area contributed by atoms with E-state index >= 15 is 0 Å². The molecule has 0 bridgehead atoms. The molecule has 60 valence electrons. The Kier molecular flexibility index (Phi) is 1.91. The molecule has 0 saturated heterocycles. The number of aryl methyl sites for hydroxylation is 1. The Balaban J connectivity index is 2.92. The number of nitrogens with zero attached hydrogens (tertiary/aromatic N) is 2. The van der Waals surface area contributed by atoms with Gasteiger partial charge in [-0.25, -0.2) is 4.79 Å². The molecule has 0 spiro atoms. The second-order valence-corrected chi connectivity index (χ2v) is 2.12. The van der Waals surface area contributed by atoms with Crippen LogP contribution in [0.3, 0.4) is 0 Å². The van der Waals surface area contributed by atoms with Crippen molar-refractivity contribution in [2.75, 3.05) is 0 Å². The number of carbonyl (C=O) groups is 1. The second-order valence-electron chi connectivity index (χ2n) is 2.12. The highest BCUT2D eigenvalue weighted by atomic mass is 16.4. The maximum Gasteiger partial charge on any atom is 0.338 e. The summed E-state index contributed by atoms with van der Waals surface area (Å²) >= 11 is 0. The molecule has 0 radical (unpaired) electrons. The Morgan fingerprint density at radius 1 is 1.82 bits per heavy atom. The Morgan fingerprint density at radius 2 is 2.45 bits per heavy atom. The Labute approximate surface area is 62.9 Å². The third-order valence-corrected chi connectivity index (χ3v) is 1.37. The predicted molar refractivity (Wildman–Crippen MR) is 35.8 cm³/mol. The Morgan fingerprint density at radius 3 is 2.82 bits per heavy atom. The summed E-state index contributed by atoms with van der Waals surface area (Å²) in [6.07, 6.45) is -0.0518. The molecule has 0 fully saturated rings. The first-order chi connectivity index (χ1) is 5.13. The van der Waals surface area contributed by atoms with Crippen molar-refractivity contribution < 1.29 is 15.0 Å². The summed E-state index contributed by atoms with van der Waals surface area (Å²) in [4.78, 5) is 10.3. The molecule has 0 aliphatic rings. The van der Waals surface area contributed by atoms with Crippen LogP contribution in [-0.2, 0) is 11.8 Å². The van der Waals surface area contributed by atoms with Gasteiger partial charge in [-0.05, 0) is 6.07 Å². The average molecular weight is 156 g/mol. The van der Waals surface area contributed by atoms with Gasteiger partial charge in [0.25, 0.3) is 0 Å². The highest BCUT2D eigenvalue weighted by Gasteiger charge is 2.18. The highest BCUT2D eigenvalue weighted by Crippen LogP contribution is 2.09. The molecule has 1 heterocycles. The maximum absolute atomic E-state index is 10.3. The number of aliphatic hydroxyl groups excluding tert-OH is 1. The van der Waals surface area contributed by atoms with Crippen LogP contribution in [0.15, 0.2) is 12.3 Å². The van der Waals surface area contributed by atoms with Crippen LogP contribution in [0.25, 0.3) is 0 Å². The number of aromatic nitrogens is 2. The molecule has 0 saturated carbocycles. The number of rotatable bonds is 2. The van der Waals surface area contributed by atoms with Gasteiger partial charge in [-0.15, -0.1) is 0 Å². The van der Waals surface area contributed by atoms with E-state index in [9.17, 15) is 4.79 Å². The summed E-state index contributed by atoms with van der Waals surface area (Å²) < 4.78 is 1.32. The number of aliphatic hydroxyl groups is 1. The monoisotopic (exact) mass is 156 g/mol. The van der Waals surface area contributed by atoms with Gasteiger partial charge in [0.15, 0.2) is 6.10 Å². The fraction of sp³-hybridized carbons (Fsp3) is 0.333. The smallest absolute Gasteiger partial charge is 0.338 e. The van der Waals surface area contributed by atoms with Crippen molar-refractivity contribution in [2.24, 2.45) is 7.05 Å². The van der Waals surface area contributed by atoms with Crippen molar-refractivity contribution in [1.82, 2.24) is 9.78 Å². The Bertz CT molecular complexity index is 269. The minimum Gasteiger partial charge on any atom is -0.479 e. The van der Waals surface area contributed by atoms with Crippen molar-refractivity contribution in [3.05, 3.63) is 18.0 Å². The third kappa shape index (κ3) is 1.38. The summed E-state index contributed by atoms with van der Waals surface area (Å²) in [5.41, 5.74) is 0.275. The van der Waals surface area contributed by atoms with E-state index in [0.717, 1.165) is 0 Å². The lowest BCUT2D eigenvalue weighted by Gasteiger charge is -2.04. The number of hydrogen-bond donors (Lipinski definition) is 2. The highest BCUT2D eigenvalue weighted by molar-refractivity contribution is 5.73. The molecule has 2 N–H and O–H groups in total. The molecule has 0 aliphatic carbocycles. The van der Waals surface area contributed by atoms with Crippen LogP contribution in [0.4, 0.5) is 0 Å². The van der Waals surface area contributed by atoms with Crippen molar-refractivity contribution in [3.63, 3.8) is 0 Å². The van der Waals surface area contributed by atoms with E-state index in [-0.39, 0.29) is 5.69 Å². The fourth-order valence-corrected chi connectivity index (χ4v) is 0.779. The SMILES string of the molecule is Cn1nccc1C(O)C(=O)O. The topological polar surface area (TPSA) is 75.3 Å². The van der Waals surface area contributed by atoms with Gasteiger partial charge >= 0.3 is 5.97 Å². The largest absolute Gasteiger partial charge is 0.479 e. The molecule has 11 heavy (non-hydrogen) atoms. The molecule has 1 aromatic rings. The first kappa shape index (κ1) is 7.74. The van der Waals surface area contributed by atoms with Crippen molar-refractivity contribution in [2.45, 2.75) is 6.10 Å². The summed E-state index contributed by atoms with van der Waals surface area (Å²) in [6.45, 7) is 0. The minimum absolute atomic E-state index is 0.275. The molecule has 0 aliphatic heterocycles. The van der Waals surface area contributed by atoms with Crippen LogP contribution in [0.2, 0.25) is 0 Å². The third-order valence-electron chi connectivity index (χ3n) is 1.37. The predicted octanol–water partition coefficient (Wildman–Crippen LogP) is -0.462. The van der Waals surface area contributed by atoms with Gasteiger partial charge in [-0.2, -0.15) is 5.10 Å². The molecule has 5 nitrogen and oxygen atoms in total. The molecule has 0 aromatic carbocycles. The van der Waals surface area contributed by atoms with Crippen LogP contribution >= 0.6 is 0 Å². The number of aliphatic carboxylic acids is 1. The zero-order chi connectivity index (χ0) is 8.43. The van der Waals surface area contributed by atoms with Gasteiger partial charge in [0.1, 0.15) is 0 Å². The first-order valence-corrected chi connectivity index (χ1v) is 3.01. The van der Waals surface area contributed by atoms with Crippen LogP contribution in [0, 0.1) is 0 Å². The first-order valence-electron chi connectivity index (χ1n) is 3.01. The van der Waals surface area contributed by atoms with Crippen molar-refractivity contribution in [1.29, 1.82) is 0 Å². The number of hydrogen-bond acceptors (Lipinski definition) is 3. The zero-order valence-electron chi connectivity index (χ0n) is 5.93. The Hall–Kier alpha value is -1.36. The lowest BCUT2D eigenvalue weighted by Crippen LogP contribution is -2.14. The van der Waals surface area contributed by atoms with Gasteiger partial charge in [-0.1, -0.05) is 0 Å². The normalized spacial score (nSPS) is 12.9. The molecule has 1 rings (SSSR count). The van der Waals surface area contributed by atoms with E-state index in [4.69, 9.17) is 10.2 Å². The molecule has 5 heteroatoms. The summed E-state index contributed by atoms with van der Waals surface area (Å²) in [5.74, 6) is -1.27. The van der Waals surface area contributed by atoms with Crippen LogP contribution in [0.1, 0.15) is 11.8 Å². The standard InChI is InChI=1S/C6H8N2O3/c1-8-4(2-3-7-8)5(9)6(10)11/h2-3,5,9H,1H3,(H,10,11). The van der Waals surface area contributed by atoms with Crippen LogP contribution in [0.5, 0.6) is 0 Å². The van der Waals surface area contributed by atoms with Crippen molar-refractivity contribution in [3.8, 4) is 0 Å². The number of carboxylic acids is 1. The van der Waals surface area contributed by atoms with E-state index in [2.05, 4.69) is 5.10 Å².